The highest BCUT2D eigenvalue weighted by Gasteiger charge is 2.03. The molecule has 0 aliphatic heterocycles. The lowest BCUT2D eigenvalue weighted by Crippen LogP contribution is -2.03. The Kier molecular flexibility index (Phi) is 2.72. The lowest BCUT2D eigenvalue weighted by molar-refractivity contribution is -0.137. The van der Waals surface area contributed by atoms with Crippen LogP contribution < -0.4 is 0 Å². The number of carboxylic acids is 1. The average molecular weight is 217 g/mol. The van der Waals surface area contributed by atoms with Crippen LogP contribution in [0.2, 0.25) is 0 Å². The SMILES string of the molecule is O=Cc1ccc2c(ccn2CCC(=O)O)c1. The summed E-state index contributed by atoms with van der Waals surface area (Å²) in [6, 6.07) is 7.23. The topological polar surface area (TPSA) is 59.3 Å². The summed E-state index contributed by atoms with van der Waals surface area (Å²) in [6.07, 6.45) is 2.73. The molecule has 0 saturated heterocycles. The van der Waals surface area contributed by atoms with Crippen molar-refractivity contribution in [3.8, 4) is 0 Å². The summed E-state index contributed by atoms with van der Waals surface area (Å²) in [5.74, 6) is -0.814. The molecule has 0 aliphatic rings. The number of rotatable bonds is 4. The first-order valence-electron chi connectivity index (χ1n) is 4.96. The average Bonchev–Trinajstić information content (AvgIpc) is 2.68. The number of fused-ring (bicyclic) bond motifs is 1. The molecule has 0 atom stereocenters. The van der Waals surface area contributed by atoms with E-state index in [4.69, 9.17) is 5.11 Å². The van der Waals surface area contributed by atoms with Crippen molar-refractivity contribution in [3.05, 3.63) is 36.0 Å². The van der Waals surface area contributed by atoms with Crippen molar-refractivity contribution in [3.63, 3.8) is 0 Å². The number of aldehydes is 1. The van der Waals surface area contributed by atoms with Crippen molar-refractivity contribution in [2.45, 2.75) is 13.0 Å². The smallest absolute Gasteiger partial charge is 0.305 e. The van der Waals surface area contributed by atoms with E-state index in [1.807, 2.05) is 22.9 Å². The van der Waals surface area contributed by atoms with Crippen LogP contribution in [0.4, 0.5) is 0 Å². The molecule has 1 N–H and O–H groups in total. The molecular weight excluding hydrogens is 206 g/mol. The van der Waals surface area contributed by atoms with Gasteiger partial charge in [-0.3, -0.25) is 9.59 Å². The van der Waals surface area contributed by atoms with E-state index in [2.05, 4.69) is 0 Å². The summed E-state index contributed by atoms with van der Waals surface area (Å²) in [4.78, 5) is 21.1. The maximum absolute atomic E-state index is 10.6. The Bertz CT molecular complexity index is 542. The third-order valence-electron chi connectivity index (χ3n) is 2.50. The van der Waals surface area contributed by atoms with Gasteiger partial charge in [0.2, 0.25) is 0 Å². The Morgan fingerprint density at radius 1 is 1.38 bits per heavy atom. The van der Waals surface area contributed by atoms with Crippen molar-refractivity contribution < 1.29 is 14.7 Å². The third kappa shape index (κ3) is 1.95. The van der Waals surface area contributed by atoms with Crippen LogP contribution in [0.3, 0.4) is 0 Å². The Morgan fingerprint density at radius 2 is 2.19 bits per heavy atom. The van der Waals surface area contributed by atoms with Crippen LogP contribution in [0.15, 0.2) is 30.5 Å². The minimum absolute atomic E-state index is 0.0964. The van der Waals surface area contributed by atoms with Crippen LogP contribution in [-0.4, -0.2) is 21.9 Å². The van der Waals surface area contributed by atoms with Crippen LogP contribution >= 0.6 is 0 Å². The molecule has 0 unspecified atom stereocenters. The molecule has 4 nitrogen and oxygen atoms in total. The van der Waals surface area contributed by atoms with Gasteiger partial charge in [0.15, 0.2) is 0 Å². The first kappa shape index (κ1) is 10.4. The lowest BCUT2D eigenvalue weighted by Gasteiger charge is -2.02. The fourth-order valence-electron chi connectivity index (χ4n) is 1.70. The van der Waals surface area contributed by atoms with Crippen molar-refractivity contribution >= 4 is 23.2 Å². The number of carboxylic acid groups (broad SMARTS) is 1. The summed E-state index contributed by atoms with van der Waals surface area (Å²) < 4.78 is 1.87. The van der Waals surface area contributed by atoms with Crippen molar-refractivity contribution in [1.29, 1.82) is 0 Å². The maximum Gasteiger partial charge on any atom is 0.305 e. The molecule has 1 aromatic heterocycles. The zero-order chi connectivity index (χ0) is 11.5. The summed E-state index contributed by atoms with van der Waals surface area (Å²) in [6.45, 7) is 0.444. The Morgan fingerprint density at radius 3 is 2.88 bits per heavy atom. The molecule has 0 saturated carbocycles. The van der Waals surface area contributed by atoms with Gasteiger partial charge in [0.05, 0.1) is 6.42 Å². The first-order valence-corrected chi connectivity index (χ1v) is 4.96. The van der Waals surface area contributed by atoms with Gasteiger partial charge in [-0.1, -0.05) is 0 Å². The lowest BCUT2D eigenvalue weighted by atomic mass is 10.2. The Balaban J connectivity index is 2.34. The van der Waals surface area contributed by atoms with E-state index in [9.17, 15) is 9.59 Å². The van der Waals surface area contributed by atoms with E-state index in [0.717, 1.165) is 17.2 Å². The Labute approximate surface area is 92.1 Å². The van der Waals surface area contributed by atoms with Crippen LogP contribution in [0.25, 0.3) is 10.9 Å². The fraction of sp³-hybridized carbons (Fsp3) is 0.167. The largest absolute Gasteiger partial charge is 0.481 e. The normalized spacial score (nSPS) is 10.5. The molecule has 82 valence electrons. The number of hydrogen-bond donors (Lipinski definition) is 1. The molecule has 0 radical (unpaired) electrons. The van der Waals surface area contributed by atoms with Crippen molar-refractivity contribution in [2.24, 2.45) is 0 Å². The molecule has 1 heterocycles. The van der Waals surface area contributed by atoms with Gasteiger partial charge < -0.3 is 9.67 Å². The highest BCUT2D eigenvalue weighted by atomic mass is 16.4. The predicted octanol–water partition coefficient (Wildman–Crippen LogP) is 1.93. The van der Waals surface area contributed by atoms with Crippen LogP contribution in [-0.2, 0) is 11.3 Å². The third-order valence-corrected chi connectivity index (χ3v) is 2.50. The van der Waals surface area contributed by atoms with E-state index >= 15 is 0 Å². The second-order valence-electron chi connectivity index (χ2n) is 3.59. The van der Waals surface area contributed by atoms with Crippen LogP contribution in [0, 0.1) is 0 Å². The van der Waals surface area contributed by atoms with Crippen molar-refractivity contribution in [2.75, 3.05) is 0 Å². The Hall–Kier alpha value is -2.10. The van der Waals surface area contributed by atoms with Gasteiger partial charge in [0.1, 0.15) is 6.29 Å². The van der Waals surface area contributed by atoms with E-state index in [1.165, 1.54) is 0 Å². The first-order chi connectivity index (χ1) is 7.70. The van der Waals surface area contributed by atoms with Gasteiger partial charge in [-0.15, -0.1) is 0 Å². The molecule has 0 bridgehead atoms. The number of carbonyl (C=O) groups excluding carboxylic acids is 1. The zero-order valence-electron chi connectivity index (χ0n) is 8.59. The fourth-order valence-corrected chi connectivity index (χ4v) is 1.70. The minimum atomic E-state index is -0.814. The number of aryl methyl sites for hydroxylation is 1. The summed E-state index contributed by atoms with van der Waals surface area (Å²) in [7, 11) is 0. The van der Waals surface area contributed by atoms with Gasteiger partial charge in [-0.25, -0.2) is 0 Å². The van der Waals surface area contributed by atoms with E-state index in [0.29, 0.717) is 12.1 Å². The quantitative estimate of drug-likeness (QED) is 0.796. The summed E-state index contributed by atoms with van der Waals surface area (Å²) in [5.41, 5.74) is 1.58. The highest BCUT2D eigenvalue weighted by Crippen LogP contribution is 2.17. The van der Waals surface area contributed by atoms with Gasteiger partial charge >= 0.3 is 5.97 Å². The number of aromatic nitrogens is 1. The van der Waals surface area contributed by atoms with Crippen molar-refractivity contribution in [1.82, 2.24) is 4.57 Å². The highest BCUT2D eigenvalue weighted by molar-refractivity contribution is 5.87. The number of carbonyl (C=O) groups is 2. The minimum Gasteiger partial charge on any atom is -0.481 e. The van der Waals surface area contributed by atoms with E-state index in [1.54, 1.807) is 12.1 Å². The second-order valence-corrected chi connectivity index (χ2v) is 3.59. The van der Waals surface area contributed by atoms with Gasteiger partial charge in [-0.2, -0.15) is 0 Å². The van der Waals surface area contributed by atoms with E-state index < -0.39 is 5.97 Å². The standard InChI is InChI=1S/C12H11NO3/c14-8-9-1-2-11-10(7-9)3-5-13(11)6-4-12(15)16/h1-3,5,7-8H,4,6H2,(H,15,16). The molecule has 2 aromatic rings. The van der Waals surface area contributed by atoms with Gasteiger partial charge in [0, 0.05) is 29.2 Å². The van der Waals surface area contributed by atoms with Gasteiger partial charge in [-0.05, 0) is 24.3 Å². The predicted molar refractivity (Wildman–Crippen MR) is 59.6 cm³/mol. The monoisotopic (exact) mass is 217 g/mol. The number of benzene rings is 1. The number of aliphatic carboxylic acids is 1. The molecule has 16 heavy (non-hydrogen) atoms. The van der Waals surface area contributed by atoms with E-state index in [-0.39, 0.29) is 6.42 Å². The van der Waals surface area contributed by atoms with Crippen LogP contribution in [0.5, 0.6) is 0 Å². The molecule has 1 aromatic carbocycles. The summed E-state index contributed by atoms with van der Waals surface area (Å²) in [5, 5.41) is 9.56. The summed E-state index contributed by atoms with van der Waals surface area (Å²) >= 11 is 0. The zero-order valence-corrected chi connectivity index (χ0v) is 8.59. The molecule has 0 spiro atoms. The van der Waals surface area contributed by atoms with Gasteiger partial charge in [0.25, 0.3) is 0 Å². The molecule has 0 aliphatic carbocycles. The number of hydrogen-bond acceptors (Lipinski definition) is 2. The molecule has 2 rings (SSSR count). The van der Waals surface area contributed by atoms with Crippen LogP contribution in [0.1, 0.15) is 16.8 Å². The molecule has 4 heteroatoms. The molecular formula is C12H11NO3. The molecule has 0 amide bonds. The maximum atomic E-state index is 10.6. The molecule has 0 fully saturated rings. The second kappa shape index (κ2) is 4.18. The number of nitrogens with zero attached hydrogens (tertiary/aromatic N) is 1.